The number of unbranched alkanes of at least 4 members (excludes halogenated alkanes) is 2. The number of carboxylic acids is 1. The van der Waals surface area contributed by atoms with Gasteiger partial charge in [0, 0.05) is 6.42 Å². The highest BCUT2D eigenvalue weighted by Gasteiger charge is 2.16. The fourth-order valence-electron chi connectivity index (χ4n) is 2.75. The number of carboxylic acid groups (broad SMARTS) is 1. The van der Waals surface area contributed by atoms with Gasteiger partial charge in [-0.25, -0.2) is 13.9 Å². The van der Waals surface area contributed by atoms with Gasteiger partial charge in [0.25, 0.3) is 5.82 Å². The van der Waals surface area contributed by atoms with Gasteiger partial charge < -0.3 is 5.11 Å². The standard InChI is InChI=1S/C19H26N2O2/c1-3-5-7-18-20(12-6-4-2)13-14-21(18)15-16-8-10-17(11-9-16)19(22)23/h8-11,13-14H,3-7,12,15H2,1-2H3/p+1. The summed E-state index contributed by atoms with van der Waals surface area (Å²) in [6.07, 6.45) is 10.2. The molecule has 0 aliphatic carbocycles. The van der Waals surface area contributed by atoms with E-state index < -0.39 is 5.97 Å². The molecule has 0 amide bonds. The molecular weight excluding hydrogens is 288 g/mol. The van der Waals surface area contributed by atoms with E-state index in [4.69, 9.17) is 5.11 Å². The molecule has 1 heterocycles. The van der Waals surface area contributed by atoms with Crippen LogP contribution in [0.3, 0.4) is 0 Å². The Labute approximate surface area is 138 Å². The van der Waals surface area contributed by atoms with Crippen molar-refractivity contribution in [1.29, 1.82) is 0 Å². The molecule has 1 aromatic heterocycles. The Morgan fingerprint density at radius 3 is 2.43 bits per heavy atom. The van der Waals surface area contributed by atoms with Crippen LogP contribution in [-0.2, 0) is 19.5 Å². The second-order valence-electron chi connectivity index (χ2n) is 5.99. The van der Waals surface area contributed by atoms with Gasteiger partial charge in [0.2, 0.25) is 0 Å². The molecule has 23 heavy (non-hydrogen) atoms. The molecule has 0 spiro atoms. The SMILES string of the molecule is CCCCc1n(CCCC)cc[n+]1Cc1ccc(C(=O)O)cc1. The van der Waals surface area contributed by atoms with Crippen LogP contribution in [-0.4, -0.2) is 15.6 Å². The Balaban J connectivity index is 2.17. The molecule has 0 fully saturated rings. The summed E-state index contributed by atoms with van der Waals surface area (Å²) in [6, 6.07) is 7.17. The average Bonchev–Trinajstić information content (AvgIpc) is 2.93. The van der Waals surface area contributed by atoms with Crippen molar-refractivity contribution >= 4 is 5.97 Å². The molecule has 1 N–H and O–H groups in total. The maximum absolute atomic E-state index is 10.9. The molecule has 0 saturated carbocycles. The lowest BCUT2D eigenvalue weighted by molar-refractivity contribution is -0.695. The highest BCUT2D eigenvalue weighted by Crippen LogP contribution is 2.08. The number of imidazole rings is 1. The van der Waals surface area contributed by atoms with E-state index in [0.29, 0.717) is 5.56 Å². The van der Waals surface area contributed by atoms with Gasteiger partial charge in [-0.3, -0.25) is 0 Å². The smallest absolute Gasteiger partial charge is 0.335 e. The molecule has 0 unspecified atom stereocenters. The molecule has 0 atom stereocenters. The molecule has 2 rings (SSSR count). The summed E-state index contributed by atoms with van der Waals surface area (Å²) in [5, 5.41) is 8.98. The van der Waals surface area contributed by atoms with Crippen LogP contribution >= 0.6 is 0 Å². The zero-order valence-corrected chi connectivity index (χ0v) is 14.2. The van der Waals surface area contributed by atoms with Crippen molar-refractivity contribution < 1.29 is 14.5 Å². The van der Waals surface area contributed by atoms with Crippen molar-refractivity contribution in [2.75, 3.05) is 0 Å². The van der Waals surface area contributed by atoms with Crippen molar-refractivity contribution in [3.8, 4) is 0 Å². The van der Waals surface area contributed by atoms with Gasteiger partial charge in [0.05, 0.1) is 12.1 Å². The van der Waals surface area contributed by atoms with Crippen LogP contribution in [0.15, 0.2) is 36.7 Å². The minimum absolute atomic E-state index is 0.338. The summed E-state index contributed by atoms with van der Waals surface area (Å²) in [6.45, 7) is 6.29. The number of hydrogen-bond donors (Lipinski definition) is 1. The van der Waals surface area contributed by atoms with Crippen molar-refractivity contribution in [2.24, 2.45) is 0 Å². The molecule has 4 heteroatoms. The fourth-order valence-corrected chi connectivity index (χ4v) is 2.75. The fraction of sp³-hybridized carbons (Fsp3) is 0.474. The van der Waals surface area contributed by atoms with Crippen LogP contribution in [0.4, 0.5) is 0 Å². The summed E-state index contributed by atoms with van der Waals surface area (Å²) < 4.78 is 4.66. The third-order valence-electron chi connectivity index (χ3n) is 4.15. The molecule has 0 bridgehead atoms. The van der Waals surface area contributed by atoms with E-state index >= 15 is 0 Å². The van der Waals surface area contributed by atoms with Crippen molar-refractivity contribution in [3.05, 3.63) is 53.6 Å². The molecular formula is C19H27N2O2+. The second-order valence-corrected chi connectivity index (χ2v) is 5.99. The largest absolute Gasteiger partial charge is 0.478 e. The van der Waals surface area contributed by atoms with Crippen LogP contribution in [0.1, 0.15) is 61.3 Å². The minimum atomic E-state index is -0.876. The number of benzene rings is 1. The van der Waals surface area contributed by atoms with Crippen LogP contribution in [0.2, 0.25) is 0 Å². The monoisotopic (exact) mass is 315 g/mol. The van der Waals surface area contributed by atoms with Crippen molar-refractivity contribution in [1.82, 2.24) is 4.57 Å². The van der Waals surface area contributed by atoms with Crippen molar-refractivity contribution in [2.45, 2.75) is 59.0 Å². The molecule has 124 valence electrons. The second kappa shape index (κ2) is 8.51. The van der Waals surface area contributed by atoms with Crippen LogP contribution < -0.4 is 4.57 Å². The first-order chi connectivity index (χ1) is 11.2. The first-order valence-corrected chi connectivity index (χ1v) is 8.55. The summed E-state index contributed by atoms with van der Waals surface area (Å²) in [4.78, 5) is 10.9. The molecule has 0 radical (unpaired) electrons. The summed E-state index contributed by atoms with van der Waals surface area (Å²) >= 11 is 0. The van der Waals surface area contributed by atoms with Gasteiger partial charge in [-0.05, 0) is 30.5 Å². The van der Waals surface area contributed by atoms with Gasteiger partial charge in [0.15, 0.2) is 0 Å². The Bertz CT molecular complexity index is 629. The number of nitrogens with zero attached hydrogens (tertiary/aromatic N) is 2. The maximum atomic E-state index is 10.9. The van der Waals surface area contributed by atoms with E-state index in [1.54, 1.807) is 12.1 Å². The van der Waals surface area contributed by atoms with Gasteiger partial charge in [-0.2, -0.15) is 0 Å². The van der Waals surface area contributed by atoms with Crippen molar-refractivity contribution in [3.63, 3.8) is 0 Å². The lowest BCUT2D eigenvalue weighted by Gasteiger charge is -2.05. The Hall–Kier alpha value is -2.10. The zero-order chi connectivity index (χ0) is 16.7. The number of hydrogen-bond acceptors (Lipinski definition) is 1. The molecule has 0 aliphatic rings. The van der Waals surface area contributed by atoms with Crippen LogP contribution in [0, 0.1) is 0 Å². The Morgan fingerprint density at radius 1 is 1.13 bits per heavy atom. The Morgan fingerprint density at radius 2 is 1.83 bits per heavy atom. The maximum Gasteiger partial charge on any atom is 0.335 e. The number of aryl methyl sites for hydroxylation is 1. The van der Waals surface area contributed by atoms with Gasteiger partial charge in [-0.15, -0.1) is 0 Å². The van der Waals surface area contributed by atoms with E-state index in [0.717, 1.165) is 25.1 Å². The van der Waals surface area contributed by atoms with Crippen LogP contribution in [0.5, 0.6) is 0 Å². The minimum Gasteiger partial charge on any atom is -0.478 e. The molecule has 4 nitrogen and oxygen atoms in total. The number of rotatable bonds is 9. The van der Waals surface area contributed by atoms with E-state index in [9.17, 15) is 4.79 Å². The highest BCUT2D eigenvalue weighted by molar-refractivity contribution is 5.87. The summed E-state index contributed by atoms with van der Waals surface area (Å²) in [5.74, 6) is 0.487. The quantitative estimate of drug-likeness (QED) is 0.718. The number of aromatic carboxylic acids is 1. The zero-order valence-electron chi connectivity index (χ0n) is 14.2. The third-order valence-corrected chi connectivity index (χ3v) is 4.15. The van der Waals surface area contributed by atoms with Gasteiger partial charge in [-0.1, -0.05) is 38.8 Å². The number of carbonyl (C=O) groups is 1. The van der Waals surface area contributed by atoms with E-state index in [-0.39, 0.29) is 0 Å². The summed E-state index contributed by atoms with van der Waals surface area (Å²) in [7, 11) is 0. The van der Waals surface area contributed by atoms with Gasteiger partial charge >= 0.3 is 5.97 Å². The first kappa shape index (κ1) is 17.3. The molecule has 1 aromatic carbocycles. The molecule has 0 aliphatic heterocycles. The third kappa shape index (κ3) is 4.68. The Kier molecular flexibility index (Phi) is 6.39. The van der Waals surface area contributed by atoms with Gasteiger partial charge in [0.1, 0.15) is 18.9 Å². The molecule has 2 aromatic rings. The first-order valence-electron chi connectivity index (χ1n) is 8.55. The average molecular weight is 315 g/mol. The number of aromatic nitrogens is 2. The normalized spacial score (nSPS) is 10.9. The van der Waals surface area contributed by atoms with E-state index in [2.05, 4.69) is 35.4 Å². The lowest BCUT2D eigenvalue weighted by Crippen LogP contribution is -2.38. The molecule has 0 saturated heterocycles. The predicted molar refractivity (Wildman–Crippen MR) is 90.7 cm³/mol. The predicted octanol–water partition coefficient (Wildman–Crippen LogP) is 3.66. The highest BCUT2D eigenvalue weighted by atomic mass is 16.4. The van der Waals surface area contributed by atoms with Crippen LogP contribution in [0.25, 0.3) is 0 Å². The van der Waals surface area contributed by atoms with E-state index in [1.807, 2.05) is 12.1 Å². The topological polar surface area (TPSA) is 46.1 Å². The lowest BCUT2D eigenvalue weighted by atomic mass is 10.1. The van der Waals surface area contributed by atoms with E-state index in [1.165, 1.54) is 31.5 Å². The summed E-state index contributed by atoms with van der Waals surface area (Å²) in [5.41, 5.74) is 1.47.